The number of nitrogens with zero attached hydrogens (tertiary/aromatic N) is 3. The Labute approximate surface area is 122 Å². The van der Waals surface area contributed by atoms with Crippen molar-refractivity contribution in [3.63, 3.8) is 0 Å². The van der Waals surface area contributed by atoms with Crippen LogP contribution in [0.3, 0.4) is 0 Å². The Morgan fingerprint density at radius 2 is 2.29 bits per heavy atom. The van der Waals surface area contributed by atoms with Gasteiger partial charge in [-0.05, 0) is 31.0 Å². The number of halogens is 1. The lowest BCUT2D eigenvalue weighted by Crippen LogP contribution is -2.08. The molecule has 0 fully saturated rings. The van der Waals surface area contributed by atoms with E-state index in [0.717, 1.165) is 5.52 Å². The number of fused-ring (bicyclic) bond motifs is 1. The van der Waals surface area contributed by atoms with Gasteiger partial charge in [0.25, 0.3) is 0 Å². The number of imidazole rings is 1. The van der Waals surface area contributed by atoms with Crippen molar-refractivity contribution in [1.82, 2.24) is 9.55 Å². The number of alkyl halides is 1. The summed E-state index contributed by atoms with van der Waals surface area (Å²) in [6.45, 7) is 1.65. The Balaban J connectivity index is 2.36. The van der Waals surface area contributed by atoms with Gasteiger partial charge in [-0.15, -0.1) is 0 Å². The molecule has 0 N–H and O–H groups in total. The van der Waals surface area contributed by atoms with Gasteiger partial charge in [-0.3, -0.25) is 9.18 Å². The molecule has 2 aromatic rings. The third-order valence-corrected chi connectivity index (χ3v) is 3.13. The van der Waals surface area contributed by atoms with Crippen LogP contribution in [0.1, 0.15) is 31.2 Å². The normalized spacial score (nSPS) is 10.5. The predicted octanol–water partition coefficient (Wildman–Crippen LogP) is 2.72. The van der Waals surface area contributed by atoms with Gasteiger partial charge in [0.2, 0.25) is 0 Å². The molecule has 0 saturated carbocycles. The minimum Gasteiger partial charge on any atom is -0.458 e. The van der Waals surface area contributed by atoms with Crippen LogP contribution in [0.2, 0.25) is 0 Å². The minimum atomic E-state index is -0.380. The minimum absolute atomic E-state index is 0.0710. The molecule has 21 heavy (non-hydrogen) atoms. The summed E-state index contributed by atoms with van der Waals surface area (Å²) in [5.41, 5.74) is 2.06. The number of hydrogen-bond acceptors (Lipinski definition) is 4. The smallest absolute Gasteiger partial charge is 0.303 e. The molecule has 110 valence electrons. The summed E-state index contributed by atoms with van der Waals surface area (Å²) in [6, 6.07) is 7.29. The summed E-state index contributed by atoms with van der Waals surface area (Å²) in [6.07, 6.45) is 1.15. The molecule has 0 aliphatic carbocycles. The average molecular weight is 289 g/mol. The summed E-state index contributed by atoms with van der Waals surface area (Å²) < 4.78 is 19.2. The molecule has 0 aliphatic heterocycles. The van der Waals surface area contributed by atoms with Crippen LogP contribution >= 0.6 is 0 Å². The van der Waals surface area contributed by atoms with Crippen LogP contribution in [0, 0.1) is 11.3 Å². The van der Waals surface area contributed by atoms with Crippen molar-refractivity contribution in [1.29, 1.82) is 5.26 Å². The van der Waals surface area contributed by atoms with Crippen LogP contribution in [0.25, 0.3) is 11.0 Å². The average Bonchev–Trinajstić information content (AvgIpc) is 2.82. The van der Waals surface area contributed by atoms with E-state index in [1.54, 1.807) is 12.1 Å². The summed E-state index contributed by atoms with van der Waals surface area (Å²) in [5.74, 6) is 0.226. The Hall–Kier alpha value is -2.42. The molecule has 0 spiro atoms. The fraction of sp³-hybridized carbons (Fsp3) is 0.400. The first-order valence-electron chi connectivity index (χ1n) is 6.74. The summed E-state index contributed by atoms with van der Waals surface area (Å²) in [4.78, 5) is 15.4. The lowest BCUT2D eigenvalue weighted by molar-refractivity contribution is -0.142. The monoisotopic (exact) mass is 289 g/mol. The lowest BCUT2D eigenvalue weighted by atomic mass is 10.2. The standard InChI is InChI=1S/C15H16FN3O2/c1-11(20)21-10-15-18-13-8-12(9-17)4-5-14(13)19(15)7-3-2-6-16/h4-5,8H,2-3,6-7,10H2,1H3. The second kappa shape index (κ2) is 6.84. The quantitative estimate of drug-likeness (QED) is 0.605. The molecule has 6 heteroatoms. The zero-order valence-corrected chi connectivity index (χ0v) is 11.8. The number of rotatable bonds is 6. The van der Waals surface area contributed by atoms with Crippen LogP contribution in [0.5, 0.6) is 0 Å². The van der Waals surface area contributed by atoms with E-state index >= 15 is 0 Å². The maximum atomic E-state index is 12.3. The van der Waals surface area contributed by atoms with Crippen LogP contribution in [0.4, 0.5) is 4.39 Å². The van der Waals surface area contributed by atoms with Crippen molar-refractivity contribution in [2.75, 3.05) is 6.67 Å². The first-order chi connectivity index (χ1) is 10.2. The molecular weight excluding hydrogens is 273 g/mol. The highest BCUT2D eigenvalue weighted by Gasteiger charge is 2.12. The highest BCUT2D eigenvalue weighted by molar-refractivity contribution is 5.77. The Kier molecular flexibility index (Phi) is 4.88. The predicted molar refractivity (Wildman–Crippen MR) is 75.1 cm³/mol. The zero-order valence-electron chi connectivity index (χ0n) is 11.8. The molecule has 5 nitrogen and oxygen atoms in total. The topological polar surface area (TPSA) is 67.9 Å². The number of hydrogen-bond donors (Lipinski definition) is 0. The summed E-state index contributed by atoms with van der Waals surface area (Å²) in [7, 11) is 0. The van der Waals surface area contributed by atoms with E-state index in [9.17, 15) is 9.18 Å². The summed E-state index contributed by atoms with van der Waals surface area (Å²) >= 11 is 0. The molecule has 0 aliphatic rings. The fourth-order valence-electron chi connectivity index (χ4n) is 2.14. The van der Waals surface area contributed by atoms with Gasteiger partial charge in [0, 0.05) is 13.5 Å². The number of benzene rings is 1. The van der Waals surface area contributed by atoms with Gasteiger partial charge in [-0.1, -0.05) is 0 Å². The molecule has 2 rings (SSSR count). The van der Waals surface area contributed by atoms with Gasteiger partial charge in [0.15, 0.2) is 0 Å². The molecular formula is C15H16FN3O2. The van der Waals surface area contributed by atoms with E-state index in [4.69, 9.17) is 10.00 Å². The van der Waals surface area contributed by atoms with Gasteiger partial charge >= 0.3 is 5.97 Å². The first-order valence-corrected chi connectivity index (χ1v) is 6.74. The maximum absolute atomic E-state index is 12.3. The lowest BCUT2D eigenvalue weighted by Gasteiger charge is -2.08. The number of carbonyl (C=O) groups is 1. The zero-order chi connectivity index (χ0) is 15.2. The molecule has 0 amide bonds. The van der Waals surface area contributed by atoms with Crippen LogP contribution in [-0.4, -0.2) is 22.2 Å². The third kappa shape index (κ3) is 3.57. The second-order valence-corrected chi connectivity index (χ2v) is 4.67. The summed E-state index contributed by atoms with van der Waals surface area (Å²) in [5, 5.41) is 8.93. The second-order valence-electron chi connectivity index (χ2n) is 4.67. The van der Waals surface area contributed by atoms with Gasteiger partial charge in [0.05, 0.1) is 29.3 Å². The molecule has 1 aromatic carbocycles. The van der Waals surface area contributed by atoms with E-state index in [-0.39, 0.29) is 19.3 Å². The van der Waals surface area contributed by atoms with Crippen molar-refractivity contribution in [3.05, 3.63) is 29.6 Å². The number of aryl methyl sites for hydroxylation is 1. The Bertz CT molecular complexity index is 688. The van der Waals surface area contributed by atoms with Gasteiger partial charge in [-0.2, -0.15) is 5.26 Å². The molecule has 1 heterocycles. The van der Waals surface area contributed by atoms with E-state index < -0.39 is 0 Å². The van der Waals surface area contributed by atoms with Gasteiger partial charge in [-0.25, -0.2) is 4.98 Å². The molecule has 0 radical (unpaired) electrons. The largest absolute Gasteiger partial charge is 0.458 e. The molecule has 0 unspecified atom stereocenters. The maximum Gasteiger partial charge on any atom is 0.303 e. The van der Waals surface area contributed by atoms with Gasteiger partial charge < -0.3 is 9.30 Å². The first kappa shape index (κ1) is 15.0. The van der Waals surface area contributed by atoms with Crippen molar-refractivity contribution in [2.24, 2.45) is 0 Å². The number of ether oxygens (including phenoxy) is 1. The highest BCUT2D eigenvalue weighted by atomic mass is 19.1. The number of nitriles is 1. The number of esters is 1. The van der Waals surface area contributed by atoms with E-state index in [1.165, 1.54) is 6.92 Å². The van der Waals surface area contributed by atoms with Crippen LogP contribution in [0.15, 0.2) is 18.2 Å². The number of carbonyl (C=O) groups excluding carboxylic acids is 1. The number of aromatic nitrogens is 2. The Morgan fingerprint density at radius 3 is 2.95 bits per heavy atom. The SMILES string of the molecule is CC(=O)OCc1nc2cc(C#N)ccc2n1CCCCF. The number of unbranched alkanes of at least 4 members (excludes halogenated alkanes) is 1. The highest BCUT2D eigenvalue weighted by Crippen LogP contribution is 2.19. The molecule has 1 aromatic heterocycles. The molecule has 0 atom stereocenters. The molecule has 0 saturated heterocycles. The van der Waals surface area contributed by atoms with E-state index in [2.05, 4.69) is 11.1 Å². The molecule has 0 bridgehead atoms. The van der Waals surface area contributed by atoms with Gasteiger partial charge in [0.1, 0.15) is 12.4 Å². The fourth-order valence-corrected chi connectivity index (χ4v) is 2.14. The third-order valence-electron chi connectivity index (χ3n) is 3.13. The van der Waals surface area contributed by atoms with Crippen LogP contribution in [-0.2, 0) is 22.7 Å². The van der Waals surface area contributed by atoms with Crippen molar-refractivity contribution in [3.8, 4) is 6.07 Å². The van der Waals surface area contributed by atoms with Crippen molar-refractivity contribution < 1.29 is 13.9 Å². The van der Waals surface area contributed by atoms with E-state index in [0.29, 0.717) is 36.3 Å². The Morgan fingerprint density at radius 1 is 1.48 bits per heavy atom. The van der Waals surface area contributed by atoms with Crippen molar-refractivity contribution in [2.45, 2.75) is 32.9 Å². The van der Waals surface area contributed by atoms with Crippen LogP contribution < -0.4 is 0 Å². The van der Waals surface area contributed by atoms with Crippen molar-refractivity contribution >= 4 is 17.0 Å². The van der Waals surface area contributed by atoms with E-state index in [1.807, 2.05) is 10.6 Å².